The Kier molecular flexibility index (Phi) is 2.79. The highest BCUT2D eigenvalue weighted by Gasteiger charge is 2.57. The smallest absolute Gasteiger partial charge is 0.0360 e. The maximum atomic E-state index is 6.21. The fourth-order valence-corrected chi connectivity index (χ4v) is 4.50. The van der Waals surface area contributed by atoms with Crippen LogP contribution in [0.25, 0.3) is 0 Å². The van der Waals surface area contributed by atoms with E-state index in [1.807, 2.05) is 0 Å². The van der Waals surface area contributed by atoms with Gasteiger partial charge in [0, 0.05) is 18.1 Å². The van der Waals surface area contributed by atoms with Gasteiger partial charge in [0.25, 0.3) is 0 Å². The van der Waals surface area contributed by atoms with Crippen molar-refractivity contribution < 1.29 is 0 Å². The van der Waals surface area contributed by atoms with Gasteiger partial charge in [-0.25, -0.2) is 0 Å². The molecule has 17 heavy (non-hydrogen) atoms. The largest absolute Gasteiger partial charge is 0.329 e. The van der Waals surface area contributed by atoms with Crippen molar-refractivity contribution >= 4 is 0 Å². The number of piperidine rings is 1. The van der Waals surface area contributed by atoms with Gasteiger partial charge in [-0.15, -0.1) is 0 Å². The molecule has 1 heterocycles. The molecule has 1 aliphatic heterocycles. The number of nitrogens with zero attached hydrogens (tertiary/aromatic N) is 1. The second kappa shape index (κ2) is 3.96. The van der Waals surface area contributed by atoms with Crippen molar-refractivity contribution in [3.05, 3.63) is 0 Å². The summed E-state index contributed by atoms with van der Waals surface area (Å²) in [7, 11) is 0. The van der Waals surface area contributed by atoms with Crippen LogP contribution in [-0.2, 0) is 0 Å². The van der Waals surface area contributed by atoms with E-state index in [0.29, 0.717) is 5.41 Å². The van der Waals surface area contributed by atoms with Gasteiger partial charge < -0.3 is 5.73 Å². The Labute approximate surface area is 106 Å². The Bertz CT molecular complexity index is 297. The second-order valence-electron chi connectivity index (χ2n) is 7.13. The third-order valence-electron chi connectivity index (χ3n) is 6.32. The van der Waals surface area contributed by atoms with E-state index in [1.54, 1.807) is 0 Å². The van der Waals surface area contributed by atoms with E-state index in [-0.39, 0.29) is 5.54 Å². The zero-order valence-corrected chi connectivity index (χ0v) is 11.5. The minimum absolute atomic E-state index is 0.265. The topological polar surface area (TPSA) is 29.3 Å². The van der Waals surface area contributed by atoms with Gasteiger partial charge in [-0.3, -0.25) is 4.90 Å². The molecule has 0 bridgehead atoms. The average molecular weight is 236 g/mol. The SMILES string of the molecule is CC1(C(C)(CN)N2CCCC3CCCC32)CC1. The Morgan fingerprint density at radius 2 is 1.94 bits per heavy atom. The monoisotopic (exact) mass is 236 g/mol. The van der Waals surface area contributed by atoms with Crippen LogP contribution in [0.5, 0.6) is 0 Å². The first-order chi connectivity index (χ1) is 8.11. The van der Waals surface area contributed by atoms with Crippen molar-refractivity contribution in [2.24, 2.45) is 17.1 Å². The summed E-state index contributed by atoms with van der Waals surface area (Å²) in [5.74, 6) is 0.983. The molecule has 0 aromatic rings. The number of fused-ring (bicyclic) bond motifs is 1. The van der Waals surface area contributed by atoms with Crippen LogP contribution in [0.2, 0.25) is 0 Å². The molecule has 3 aliphatic rings. The van der Waals surface area contributed by atoms with E-state index in [2.05, 4.69) is 18.7 Å². The van der Waals surface area contributed by atoms with E-state index in [0.717, 1.165) is 18.5 Å². The molecule has 0 amide bonds. The van der Waals surface area contributed by atoms with E-state index in [4.69, 9.17) is 5.73 Å². The molecule has 98 valence electrons. The quantitative estimate of drug-likeness (QED) is 0.816. The molecule has 1 saturated heterocycles. The Morgan fingerprint density at radius 3 is 2.59 bits per heavy atom. The fourth-order valence-electron chi connectivity index (χ4n) is 4.50. The van der Waals surface area contributed by atoms with Crippen molar-refractivity contribution in [2.45, 2.75) is 70.4 Å². The molecule has 3 rings (SSSR count). The lowest BCUT2D eigenvalue weighted by molar-refractivity contribution is -0.0255. The first-order valence-electron chi connectivity index (χ1n) is 7.58. The Morgan fingerprint density at radius 1 is 1.24 bits per heavy atom. The third kappa shape index (κ3) is 1.67. The third-order valence-corrected chi connectivity index (χ3v) is 6.32. The lowest BCUT2D eigenvalue weighted by Gasteiger charge is -2.52. The molecule has 3 atom stereocenters. The van der Waals surface area contributed by atoms with Crippen LogP contribution in [-0.4, -0.2) is 29.6 Å². The van der Waals surface area contributed by atoms with Gasteiger partial charge in [0.2, 0.25) is 0 Å². The number of rotatable bonds is 3. The maximum Gasteiger partial charge on any atom is 0.0360 e. The van der Waals surface area contributed by atoms with Gasteiger partial charge in [0.15, 0.2) is 0 Å². The highest BCUT2D eigenvalue weighted by atomic mass is 15.3. The highest BCUT2D eigenvalue weighted by Crippen LogP contribution is 2.57. The standard InChI is InChI=1S/C15H28N2/c1-14(8-9-14)15(2,11-16)17-10-4-6-12-5-3-7-13(12)17/h12-13H,3-11,16H2,1-2H3. The summed E-state index contributed by atoms with van der Waals surface area (Å²) < 4.78 is 0. The van der Waals surface area contributed by atoms with Gasteiger partial charge >= 0.3 is 0 Å². The Balaban J connectivity index is 1.85. The molecule has 3 fully saturated rings. The van der Waals surface area contributed by atoms with E-state index < -0.39 is 0 Å². The Hall–Kier alpha value is -0.0800. The van der Waals surface area contributed by atoms with Crippen molar-refractivity contribution in [3.63, 3.8) is 0 Å². The minimum atomic E-state index is 0.265. The lowest BCUT2D eigenvalue weighted by atomic mass is 9.78. The molecular formula is C15H28N2. The van der Waals surface area contributed by atoms with Crippen LogP contribution < -0.4 is 5.73 Å². The molecule has 2 saturated carbocycles. The number of hydrogen-bond acceptors (Lipinski definition) is 2. The lowest BCUT2D eigenvalue weighted by Crippen LogP contribution is -2.62. The number of nitrogens with two attached hydrogens (primary N) is 1. The molecule has 2 N–H and O–H groups in total. The summed E-state index contributed by atoms with van der Waals surface area (Å²) in [5.41, 5.74) is 6.98. The predicted octanol–water partition coefficient (Wildman–Crippen LogP) is 2.77. The van der Waals surface area contributed by atoms with Gasteiger partial charge in [0.1, 0.15) is 0 Å². The predicted molar refractivity (Wildman–Crippen MR) is 71.9 cm³/mol. The van der Waals surface area contributed by atoms with Crippen molar-refractivity contribution in [2.75, 3.05) is 13.1 Å². The summed E-state index contributed by atoms with van der Waals surface area (Å²) in [6.45, 7) is 7.04. The molecule has 0 aromatic heterocycles. The van der Waals surface area contributed by atoms with E-state index in [1.165, 1.54) is 51.5 Å². The van der Waals surface area contributed by atoms with Crippen LogP contribution in [0.4, 0.5) is 0 Å². The van der Waals surface area contributed by atoms with Crippen LogP contribution in [0.15, 0.2) is 0 Å². The molecule has 0 radical (unpaired) electrons. The summed E-state index contributed by atoms with van der Waals surface area (Å²) in [5, 5.41) is 0. The van der Waals surface area contributed by atoms with Crippen molar-refractivity contribution in [1.82, 2.24) is 4.90 Å². The number of hydrogen-bond donors (Lipinski definition) is 1. The maximum absolute atomic E-state index is 6.21. The summed E-state index contributed by atoms with van der Waals surface area (Å²) in [4.78, 5) is 2.83. The molecule has 0 aromatic carbocycles. The first kappa shape index (κ1) is 12.0. The minimum Gasteiger partial charge on any atom is -0.329 e. The highest BCUT2D eigenvalue weighted by molar-refractivity contribution is 5.12. The second-order valence-corrected chi connectivity index (χ2v) is 7.13. The van der Waals surface area contributed by atoms with Crippen molar-refractivity contribution in [3.8, 4) is 0 Å². The van der Waals surface area contributed by atoms with Crippen molar-refractivity contribution in [1.29, 1.82) is 0 Å². The first-order valence-corrected chi connectivity index (χ1v) is 7.58. The molecule has 2 heteroatoms. The average Bonchev–Trinajstić information content (AvgIpc) is 2.94. The van der Waals surface area contributed by atoms with Gasteiger partial charge in [0.05, 0.1) is 0 Å². The fraction of sp³-hybridized carbons (Fsp3) is 1.00. The van der Waals surface area contributed by atoms with Crippen LogP contribution >= 0.6 is 0 Å². The molecule has 0 spiro atoms. The number of likely N-dealkylation sites (tertiary alicyclic amines) is 1. The van der Waals surface area contributed by atoms with Gasteiger partial charge in [-0.1, -0.05) is 13.3 Å². The van der Waals surface area contributed by atoms with E-state index in [9.17, 15) is 0 Å². The molecule has 3 unspecified atom stereocenters. The molecule has 2 aliphatic carbocycles. The van der Waals surface area contributed by atoms with Crippen LogP contribution in [0, 0.1) is 11.3 Å². The van der Waals surface area contributed by atoms with Crippen LogP contribution in [0.3, 0.4) is 0 Å². The zero-order chi connectivity index (χ0) is 12.1. The van der Waals surface area contributed by atoms with E-state index >= 15 is 0 Å². The summed E-state index contributed by atoms with van der Waals surface area (Å²) in [6, 6.07) is 0.856. The zero-order valence-electron chi connectivity index (χ0n) is 11.5. The summed E-state index contributed by atoms with van der Waals surface area (Å²) >= 11 is 0. The molecular weight excluding hydrogens is 208 g/mol. The van der Waals surface area contributed by atoms with Gasteiger partial charge in [-0.05, 0) is 63.3 Å². The molecule has 2 nitrogen and oxygen atoms in total. The van der Waals surface area contributed by atoms with Crippen LogP contribution in [0.1, 0.15) is 58.8 Å². The normalized spacial score (nSPS) is 39.7. The summed E-state index contributed by atoms with van der Waals surface area (Å²) in [6.07, 6.45) is 9.98. The van der Waals surface area contributed by atoms with Gasteiger partial charge in [-0.2, -0.15) is 0 Å².